The standard InChI is InChI=1S/C19H17ClO4/c20-17-7-15-9-22-11-24-18(15)16(8-17)10-23-19(21)14-5-4-12-2-1-3-13(12)6-14/h4-8H,1-3,9-11H2. The predicted molar refractivity (Wildman–Crippen MR) is 89.3 cm³/mol. The summed E-state index contributed by atoms with van der Waals surface area (Å²) in [6, 6.07) is 9.39. The maximum absolute atomic E-state index is 12.4. The lowest BCUT2D eigenvalue weighted by molar-refractivity contribution is -0.0180. The van der Waals surface area contributed by atoms with Gasteiger partial charge in [0.1, 0.15) is 12.4 Å². The van der Waals surface area contributed by atoms with Crippen molar-refractivity contribution in [1.82, 2.24) is 0 Å². The Balaban J connectivity index is 1.51. The molecule has 2 aromatic carbocycles. The van der Waals surface area contributed by atoms with Crippen LogP contribution in [0, 0.1) is 0 Å². The molecule has 1 heterocycles. The van der Waals surface area contributed by atoms with Crippen molar-refractivity contribution in [2.75, 3.05) is 6.79 Å². The summed E-state index contributed by atoms with van der Waals surface area (Å²) in [6.45, 7) is 0.765. The maximum atomic E-state index is 12.4. The third-order valence-corrected chi connectivity index (χ3v) is 4.66. The molecule has 0 unspecified atom stereocenters. The molecule has 1 aliphatic heterocycles. The number of carbonyl (C=O) groups is 1. The molecule has 24 heavy (non-hydrogen) atoms. The zero-order valence-corrected chi connectivity index (χ0v) is 13.9. The molecule has 124 valence electrons. The van der Waals surface area contributed by atoms with Crippen molar-refractivity contribution < 1.29 is 19.0 Å². The molecule has 0 spiro atoms. The van der Waals surface area contributed by atoms with Crippen LogP contribution in [0.4, 0.5) is 0 Å². The Labute approximate surface area is 145 Å². The van der Waals surface area contributed by atoms with Gasteiger partial charge in [0.2, 0.25) is 0 Å². The smallest absolute Gasteiger partial charge is 0.338 e. The van der Waals surface area contributed by atoms with E-state index < -0.39 is 0 Å². The predicted octanol–water partition coefficient (Wildman–Crippen LogP) is 4.05. The Hall–Kier alpha value is -2.04. The molecule has 2 aliphatic rings. The molecule has 0 bridgehead atoms. The second-order valence-corrected chi connectivity index (χ2v) is 6.51. The molecular formula is C19H17ClO4. The first kappa shape index (κ1) is 15.5. The van der Waals surface area contributed by atoms with Gasteiger partial charge in [-0.2, -0.15) is 0 Å². The molecular weight excluding hydrogens is 328 g/mol. The minimum absolute atomic E-state index is 0.124. The Bertz CT molecular complexity index is 800. The second kappa shape index (κ2) is 6.46. The van der Waals surface area contributed by atoms with Crippen LogP contribution in [-0.4, -0.2) is 12.8 Å². The highest BCUT2D eigenvalue weighted by atomic mass is 35.5. The zero-order valence-electron chi connectivity index (χ0n) is 13.1. The maximum Gasteiger partial charge on any atom is 0.338 e. The largest absolute Gasteiger partial charge is 0.467 e. The molecule has 0 atom stereocenters. The van der Waals surface area contributed by atoms with Gasteiger partial charge in [-0.15, -0.1) is 0 Å². The average molecular weight is 345 g/mol. The van der Waals surface area contributed by atoms with E-state index in [1.807, 2.05) is 24.3 Å². The third-order valence-electron chi connectivity index (χ3n) is 4.44. The molecule has 0 radical (unpaired) electrons. The molecule has 4 nitrogen and oxygen atoms in total. The molecule has 1 aliphatic carbocycles. The number of esters is 1. The number of benzene rings is 2. The van der Waals surface area contributed by atoms with Crippen molar-refractivity contribution >= 4 is 17.6 Å². The fraction of sp³-hybridized carbons (Fsp3) is 0.316. The van der Waals surface area contributed by atoms with Gasteiger partial charge in [-0.05, 0) is 54.7 Å². The summed E-state index contributed by atoms with van der Waals surface area (Å²) in [5.41, 5.74) is 4.82. The van der Waals surface area contributed by atoms with E-state index in [0.29, 0.717) is 22.9 Å². The summed E-state index contributed by atoms with van der Waals surface area (Å²) in [6.07, 6.45) is 3.28. The fourth-order valence-electron chi connectivity index (χ4n) is 3.29. The molecule has 0 saturated heterocycles. The van der Waals surface area contributed by atoms with Gasteiger partial charge >= 0.3 is 5.97 Å². The lowest BCUT2D eigenvalue weighted by Gasteiger charge is -2.21. The van der Waals surface area contributed by atoms with E-state index in [1.165, 1.54) is 11.1 Å². The van der Waals surface area contributed by atoms with E-state index in [0.717, 1.165) is 30.4 Å². The molecule has 0 fully saturated rings. The van der Waals surface area contributed by atoms with Crippen LogP contribution in [-0.2, 0) is 35.5 Å². The van der Waals surface area contributed by atoms with Crippen LogP contribution in [0.5, 0.6) is 5.75 Å². The topological polar surface area (TPSA) is 44.8 Å². The van der Waals surface area contributed by atoms with Gasteiger partial charge < -0.3 is 14.2 Å². The lowest BCUT2D eigenvalue weighted by Crippen LogP contribution is -2.14. The molecule has 0 aromatic heterocycles. The van der Waals surface area contributed by atoms with Crippen molar-refractivity contribution in [2.45, 2.75) is 32.5 Å². The average Bonchev–Trinajstić information content (AvgIpc) is 3.06. The van der Waals surface area contributed by atoms with Gasteiger partial charge in [0.15, 0.2) is 6.79 Å². The molecule has 0 N–H and O–H groups in total. The Kier molecular flexibility index (Phi) is 4.17. The summed E-state index contributed by atoms with van der Waals surface area (Å²) in [7, 11) is 0. The number of halogens is 1. The monoisotopic (exact) mass is 344 g/mol. The Morgan fingerprint density at radius 1 is 1.12 bits per heavy atom. The van der Waals surface area contributed by atoms with Gasteiger partial charge in [0.25, 0.3) is 0 Å². The minimum atomic E-state index is -0.328. The van der Waals surface area contributed by atoms with E-state index >= 15 is 0 Å². The van der Waals surface area contributed by atoms with Gasteiger partial charge in [0.05, 0.1) is 12.2 Å². The number of fused-ring (bicyclic) bond motifs is 2. The Morgan fingerprint density at radius 3 is 2.92 bits per heavy atom. The van der Waals surface area contributed by atoms with Crippen molar-refractivity contribution in [3.05, 3.63) is 63.2 Å². The molecule has 0 saturated carbocycles. The summed E-state index contributed by atoms with van der Waals surface area (Å²) in [5, 5.41) is 0.575. The quantitative estimate of drug-likeness (QED) is 0.788. The van der Waals surface area contributed by atoms with Crippen LogP contribution in [0.3, 0.4) is 0 Å². The first-order chi connectivity index (χ1) is 11.7. The third kappa shape index (κ3) is 2.99. The number of rotatable bonds is 3. The molecule has 0 amide bonds. The van der Waals surface area contributed by atoms with Gasteiger partial charge in [-0.3, -0.25) is 0 Å². The van der Waals surface area contributed by atoms with E-state index in [2.05, 4.69) is 0 Å². The van der Waals surface area contributed by atoms with Crippen LogP contribution >= 0.6 is 11.6 Å². The highest BCUT2D eigenvalue weighted by Gasteiger charge is 2.19. The number of ether oxygens (including phenoxy) is 3. The van der Waals surface area contributed by atoms with E-state index in [4.69, 9.17) is 25.8 Å². The van der Waals surface area contributed by atoms with Crippen LogP contribution < -0.4 is 4.74 Å². The van der Waals surface area contributed by atoms with Crippen LogP contribution in [0.1, 0.15) is 39.0 Å². The van der Waals surface area contributed by atoms with Crippen molar-refractivity contribution in [3.63, 3.8) is 0 Å². The highest BCUT2D eigenvalue weighted by molar-refractivity contribution is 6.30. The zero-order chi connectivity index (χ0) is 16.5. The number of hydrogen-bond donors (Lipinski definition) is 0. The number of carbonyl (C=O) groups excluding carboxylic acids is 1. The molecule has 5 heteroatoms. The Morgan fingerprint density at radius 2 is 2.00 bits per heavy atom. The van der Waals surface area contributed by atoms with Crippen LogP contribution in [0.25, 0.3) is 0 Å². The van der Waals surface area contributed by atoms with Gasteiger partial charge in [-0.25, -0.2) is 4.79 Å². The van der Waals surface area contributed by atoms with Crippen molar-refractivity contribution in [1.29, 1.82) is 0 Å². The van der Waals surface area contributed by atoms with Gasteiger partial charge in [-0.1, -0.05) is 17.7 Å². The number of aryl methyl sites for hydroxylation is 2. The fourth-order valence-corrected chi connectivity index (χ4v) is 3.55. The van der Waals surface area contributed by atoms with Gasteiger partial charge in [0, 0.05) is 16.1 Å². The van der Waals surface area contributed by atoms with Crippen LogP contribution in [0.2, 0.25) is 5.02 Å². The highest BCUT2D eigenvalue weighted by Crippen LogP contribution is 2.32. The normalized spacial score (nSPS) is 15.4. The van der Waals surface area contributed by atoms with Crippen molar-refractivity contribution in [2.24, 2.45) is 0 Å². The summed E-state index contributed by atoms with van der Waals surface area (Å²) < 4.78 is 16.3. The molecule has 4 rings (SSSR count). The van der Waals surface area contributed by atoms with Crippen LogP contribution in [0.15, 0.2) is 30.3 Å². The SMILES string of the molecule is O=C(OCc1cc(Cl)cc2c1OCOC2)c1ccc2c(c1)CCC2. The second-order valence-electron chi connectivity index (χ2n) is 6.08. The first-order valence-electron chi connectivity index (χ1n) is 8.01. The van der Waals surface area contributed by atoms with E-state index in [9.17, 15) is 4.79 Å². The minimum Gasteiger partial charge on any atom is -0.467 e. The van der Waals surface area contributed by atoms with E-state index in [-0.39, 0.29) is 19.4 Å². The number of hydrogen-bond acceptors (Lipinski definition) is 4. The lowest BCUT2D eigenvalue weighted by atomic mass is 10.1. The summed E-state index contributed by atoms with van der Waals surface area (Å²) in [5.74, 6) is 0.373. The van der Waals surface area contributed by atoms with E-state index in [1.54, 1.807) is 6.07 Å². The first-order valence-corrected chi connectivity index (χ1v) is 8.39. The summed E-state index contributed by atoms with van der Waals surface area (Å²) >= 11 is 6.13. The van der Waals surface area contributed by atoms with Crippen molar-refractivity contribution in [3.8, 4) is 5.75 Å². The summed E-state index contributed by atoms with van der Waals surface area (Å²) in [4.78, 5) is 12.4. The molecule has 2 aromatic rings.